The number of methoxy groups -OCH3 is 1. The molecule has 3 aromatic rings. The lowest BCUT2D eigenvalue weighted by Gasteiger charge is -2.13. The Morgan fingerprint density at radius 3 is 2.93 bits per heavy atom. The lowest BCUT2D eigenvalue weighted by molar-refractivity contribution is 0.0599. The van der Waals surface area contributed by atoms with Gasteiger partial charge in [0.2, 0.25) is 0 Å². The zero-order valence-electron chi connectivity index (χ0n) is 15.7. The Morgan fingerprint density at radius 2 is 2.18 bits per heavy atom. The van der Waals surface area contributed by atoms with Crippen molar-refractivity contribution in [2.75, 3.05) is 7.11 Å². The van der Waals surface area contributed by atoms with Gasteiger partial charge in [-0.2, -0.15) is 5.10 Å². The van der Waals surface area contributed by atoms with Crippen LogP contribution in [0.25, 0.3) is 5.69 Å². The largest absolute Gasteiger partial charge is 0.465 e. The van der Waals surface area contributed by atoms with Crippen LogP contribution in [0, 0.1) is 0 Å². The van der Waals surface area contributed by atoms with Crippen LogP contribution in [0.1, 0.15) is 63.7 Å². The first-order valence-corrected chi connectivity index (χ1v) is 9.41. The van der Waals surface area contributed by atoms with E-state index in [2.05, 4.69) is 15.4 Å². The van der Waals surface area contributed by atoms with Crippen molar-refractivity contribution in [1.29, 1.82) is 0 Å². The third-order valence-electron chi connectivity index (χ3n) is 5.80. The van der Waals surface area contributed by atoms with Crippen LogP contribution in [0.4, 0.5) is 0 Å². The molecule has 1 N–H and O–H groups in total. The van der Waals surface area contributed by atoms with Crippen molar-refractivity contribution in [2.24, 2.45) is 7.05 Å². The predicted octanol–water partition coefficient (Wildman–Crippen LogP) is 2.04. The van der Waals surface area contributed by atoms with E-state index in [-0.39, 0.29) is 11.8 Å². The molecule has 1 fully saturated rings. The second-order valence-corrected chi connectivity index (χ2v) is 7.51. The molecule has 0 saturated heterocycles. The molecule has 2 aliphatic rings. The number of aryl methyl sites for hydroxylation is 1. The van der Waals surface area contributed by atoms with E-state index in [9.17, 15) is 9.90 Å². The molecule has 1 aromatic carbocycles. The van der Waals surface area contributed by atoms with Gasteiger partial charge in [0.15, 0.2) is 0 Å². The SMILES string of the molecule is COC(=O)c1cnn(-c2cccc3c2CCC3O)c1[C@@H]1C[C@H]1c1cn(C)nn1. The molecule has 0 spiro atoms. The number of hydrogen-bond donors (Lipinski definition) is 1. The summed E-state index contributed by atoms with van der Waals surface area (Å²) >= 11 is 0. The molecule has 2 aromatic heterocycles. The highest BCUT2D eigenvalue weighted by Crippen LogP contribution is 2.55. The molecule has 3 atom stereocenters. The Balaban J connectivity index is 1.61. The number of hydrogen-bond acceptors (Lipinski definition) is 6. The number of benzene rings is 1. The summed E-state index contributed by atoms with van der Waals surface area (Å²) in [4.78, 5) is 12.4. The van der Waals surface area contributed by atoms with Gasteiger partial charge in [0.25, 0.3) is 0 Å². The van der Waals surface area contributed by atoms with Crippen LogP contribution < -0.4 is 0 Å². The summed E-state index contributed by atoms with van der Waals surface area (Å²) in [5, 5.41) is 23.1. The van der Waals surface area contributed by atoms with Crippen LogP contribution in [0.2, 0.25) is 0 Å². The van der Waals surface area contributed by atoms with Gasteiger partial charge in [0, 0.05) is 25.1 Å². The smallest absolute Gasteiger partial charge is 0.341 e. The summed E-state index contributed by atoms with van der Waals surface area (Å²) in [6, 6.07) is 5.88. The second-order valence-electron chi connectivity index (χ2n) is 7.51. The highest BCUT2D eigenvalue weighted by molar-refractivity contribution is 5.91. The third-order valence-corrected chi connectivity index (χ3v) is 5.80. The first-order valence-electron chi connectivity index (χ1n) is 9.41. The first-order chi connectivity index (χ1) is 13.6. The minimum absolute atomic E-state index is 0.121. The standard InChI is InChI=1S/C20H21N5O3/c1-24-10-16(22-23-24)13-8-14(13)19-15(20(27)28-2)9-21-25(19)17-5-3-4-12-11(17)6-7-18(12)26/h3-5,9-10,13-14,18,26H,6-8H2,1-2H3/t13-,14-,18?/m1/s1. The Kier molecular flexibility index (Phi) is 3.83. The van der Waals surface area contributed by atoms with Crippen LogP contribution in [0.3, 0.4) is 0 Å². The molecule has 0 amide bonds. The van der Waals surface area contributed by atoms with E-state index >= 15 is 0 Å². The van der Waals surface area contributed by atoms with Crippen LogP contribution in [-0.4, -0.2) is 43.0 Å². The van der Waals surface area contributed by atoms with Gasteiger partial charge in [-0.15, -0.1) is 5.10 Å². The topological polar surface area (TPSA) is 95.1 Å². The fourth-order valence-electron chi connectivity index (χ4n) is 4.34. The summed E-state index contributed by atoms with van der Waals surface area (Å²) < 4.78 is 8.54. The quantitative estimate of drug-likeness (QED) is 0.697. The van der Waals surface area contributed by atoms with E-state index in [0.29, 0.717) is 12.0 Å². The molecule has 1 unspecified atom stereocenters. The van der Waals surface area contributed by atoms with Crippen molar-refractivity contribution >= 4 is 5.97 Å². The van der Waals surface area contributed by atoms with Crippen molar-refractivity contribution in [3.63, 3.8) is 0 Å². The number of ether oxygens (including phenoxy) is 1. The first kappa shape index (κ1) is 17.1. The number of aliphatic hydroxyl groups is 1. The number of esters is 1. The van der Waals surface area contributed by atoms with Crippen molar-refractivity contribution in [2.45, 2.75) is 37.2 Å². The number of fused-ring (bicyclic) bond motifs is 1. The minimum atomic E-state index is -0.442. The van der Waals surface area contributed by atoms with Gasteiger partial charge in [-0.25, -0.2) is 9.48 Å². The molecule has 2 heterocycles. The van der Waals surface area contributed by atoms with Crippen molar-refractivity contribution < 1.29 is 14.6 Å². The average Bonchev–Trinajstić information content (AvgIpc) is 3.03. The van der Waals surface area contributed by atoms with Crippen LogP contribution in [-0.2, 0) is 18.2 Å². The molecule has 0 bridgehead atoms. The number of nitrogens with zero attached hydrogens (tertiary/aromatic N) is 5. The number of rotatable bonds is 4. The Hall–Kier alpha value is -3.00. The van der Waals surface area contributed by atoms with E-state index in [1.165, 1.54) is 7.11 Å². The number of aliphatic hydroxyl groups excluding tert-OH is 1. The summed E-state index contributed by atoms with van der Waals surface area (Å²) in [6.07, 6.45) is 5.43. The maximum absolute atomic E-state index is 12.4. The van der Waals surface area contributed by atoms with Gasteiger partial charge in [-0.1, -0.05) is 17.3 Å². The molecule has 2 aliphatic carbocycles. The van der Waals surface area contributed by atoms with E-state index in [4.69, 9.17) is 4.74 Å². The van der Waals surface area contributed by atoms with Gasteiger partial charge in [-0.05, 0) is 36.5 Å². The van der Waals surface area contributed by atoms with E-state index in [1.54, 1.807) is 10.9 Å². The number of carbonyl (C=O) groups is 1. The van der Waals surface area contributed by atoms with Crippen LogP contribution in [0.15, 0.2) is 30.6 Å². The highest BCUT2D eigenvalue weighted by Gasteiger charge is 2.46. The second kappa shape index (κ2) is 6.27. The Labute approximate surface area is 161 Å². The maximum Gasteiger partial charge on any atom is 0.341 e. The molecule has 144 valence electrons. The molecule has 0 aliphatic heterocycles. The van der Waals surface area contributed by atoms with E-state index in [0.717, 1.165) is 41.0 Å². The fourth-order valence-corrected chi connectivity index (χ4v) is 4.34. The third kappa shape index (κ3) is 2.56. The minimum Gasteiger partial charge on any atom is -0.465 e. The van der Waals surface area contributed by atoms with E-state index < -0.39 is 12.1 Å². The summed E-state index contributed by atoms with van der Waals surface area (Å²) in [5.74, 6) is -0.0657. The molecule has 8 nitrogen and oxygen atoms in total. The van der Waals surface area contributed by atoms with Gasteiger partial charge in [-0.3, -0.25) is 4.68 Å². The van der Waals surface area contributed by atoms with Crippen molar-refractivity contribution in [3.05, 3.63) is 58.7 Å². The average molecular weight is 379 g/mol. The number of aromatic nitrogens is 5. The van der Waals surface area contributed by atoms with Crippen LogP contribution >= 0.6 is 0 Å². The summed E-state index contributed by atoms with van der Waals surface area (Å²) in [5.41, 5.74) is 5.20. The van der Waals surface area contributed by atoms with Gasteiger partial charge in [0.05, 0.1) is 36.5 Å². The zero-order chi connectivity index (χ0) is 19.4. The lowest BCUT2D eigenvalue weighted by Crippen LogP contribution is -2.09. The Bertz CT molecular complexity index is 1070. The van der Waals surface area contributed by atoms with Gasteiger partial charge < -0.3 is 9.84 Å². The van der Waals surface area contributed by atoms with Gasteiger partial charge >= 0.3 is 5.97 Å². The van der Waals surface area contributed by atoms with Crippen LogP contribution in [0.5, 0.6) is 0 Å². The normalized spacial score (nSPS) is 22.9. The lowest BCUT2D eigenvalue weighted by atomic mass is 10.1. The molecule has 8 heteroatoms. The van der Waals surface area contributed by atoms with E-state index in [1.807, 2.05) is 36.1 Å². The maximum atomic E-state index is 12.4. The predicted molar refractivity (Wildman–Crippen MR) is 99.3 cm³/mol. The molecule has 5 rings (SSSR count). The molecular formula is C20H21N5O3. The molecular weight excluding hydrogens is 358 g/mol. The molecule has 1 saturated carbocycles. The monoisotopic (exact) mass is 379 g/mol. The highest BCUT2D eigenvalue weighted by atomic mass is 16.5. The van der Waals surface area contributed by atoms with Crippen molar-refractivity contribution in [1.82, 2.24) is 24.8 Å². The molecule has 28 heavy (non-hydrogen) atoms. The van der Waals surface area contributed by atoms with Crippen molar-refractivity contribution in [3.8, 4) is 5.69 Å². The fraction of sp³-hybridized carbons (Fsp3) is 0.400. The molecule has 0 radical (unpaired) electrons. The summed E-state index contributed by atoms with van der Waals surface area (Å²) in [7, 11) is 3.23. The van der Waals surface area contributed by atoms with Gasteiger partial charge in [0.1, 0.15) is 5.56 Å². The zero-order valence-corrected chi connectivity index (χ0v) is 15.7. The summed E-state index contributed by atoms with van der Waals surface area (Å²) in [6.45, 7) is 0. The Morgan fingerprint density at radius 1 is 1.32 bits per heavy atom. The number of carbonyl (C=O) groups excluding carboxylic acids is 1.